The van der Waals surface area contributed by atoms with E-state index in [2.05, 4.69) is 221 Å². The number of nitrogens with zero attached hydrogens (tertiary/aromatic N) is 4. The Balaban J connectivity index is 1.13. The van der Waals surface area contributed by atoms with Gasteiger partial charge >= 0.3 is 0 Å². The highest BCUT2D eigenvalue weighted by atomic mass is 16.3. The van der Waals surface area contributed by atoms with E-state index in [1.54, 1.807) is 0 Å². The first-order valence-electron chi connectivity index (χ1n) is 25.5. The first-order valence-corrected chi connectivity index (χ1v) is 25.5. The number of hydrogen-bond donors (Lipinski definition) is 0. The lowest BCUT2D eigenvalue weighted by Gasteiger charge is -2.35. The van der Waals surface area contributed by atoms with Crippen molar-refractivity contribution in [3.05, 3.63) is 187 Å². The average molecular weight is 939 g/mol. The maximum atomic E-state index is 6.68. The van der Waals surface area contributed by atoms with Gasteiger partial charge in [-0.2, -0.15) is 0 Å². The van der Waals surface area contributed by atoms with E-state index in [0.717, 1.165) is 94.4 Å². The second kappa shape index (κ2) is 14.0. The second-order valence-corrected chi connectivity index (χ2v) is 22.5. The van der Waals surface area contributed by atoms with Crippen LogP contribution in [0.25, 0.3) is 133 Å². The molecule has 346 valence electrons. The van der Waals surface area contributed by atoms with Crippen LogP contribution in [0, 0.1) is 0 Å². The zero-order valence-corrected chi connectivity index (χ0v) is 41.4. The summed E-state index contributed by atoms with van der Waals surface area (Å²) in [6, 6.07) is 64.0. The van der Waals surface area contributed by atoms with Gasteiger partial charge in [0.15, 0.2) is 5.82 Å². The third-order valence-corrected chi connectivity index (χ3v) is 16.2. The molecule has 73 heavy (non-hydrogen) atoms. The van der Waals surface area contributed by atoms with E-state index in [1.807, 2.05) is 6.07 Å². The largest absolute Gasteiger partial charge is 0.456 e. The summed E-state index contributed by atoms with van der Waals surface area (Å²) in [5, 5.41) is 9.49. The van der Waals surface area contributed by atoms with E-state index in [1.165, 1.54) is 60.1 Å². The maximum absolute atomic E-state index is 6.68. The predicted molar refractivity (Wildman–Crippen MR) is 304 cm³/mol. The summed E-state index contributed by atoms with van der Waals surface area (Å²) in [5.41, 5.74) is 21.7. The number of furan rings is 2. The van der Waals surface area contributed by atoms with Crippen molar-refractivity contribution in [2.45, 2.75) is 52.4 Å². The summed E-state index contributed by atoms with van der Waals surface area (Å²) in [4.78, 5) is 10.8. The van der Waals surface area contributed by atoms with Crippen molar-refractivity contribution in [3.63, 3.8) is 0 Å². The number of rotatable bonds is 3. The van der Waals surface area contributed by atoms with E-state index >= 15 is 0 Å². The SMILES string of the molecule is CC(C)(C)c1cc2c3c(c1)c1c4c(ccc1n3-c1cc(-c3cc(-c5ccccc5)nc(-c5ccccc5)n3)cc3c1B2c1cc(C(C)(C)C)cc2c5c6c(ccc5n-3c12)oc1ccccc16)oc1ccccc14. The Hall–Kier alpha value is -8.68. The molecule has 5 aromatic heterocycles. The van der Waals surface area contributed by atoms with Crippen LogP contribution in [0.5, 0.6) is 0 Å². The number of fused-ring (bicyclic) bond motifs is 18. The Kier molecular flexibility index (Phi) is 7.89. The summed E-state index contributed by atoms with van der Waals surface area (Å²) in [6.45, 7) is 14.0. The molecule has 0 amide bonds. The minimum Gasteiger partial charge on any atom is -0.456 e. The summed E-state index contributed by atoms with van der Waals surface area (Å²) >= 11 is 0. The van der Waals surface area contributed by atoms with Gasteiger partial charge in [-0.05, 0) is 105 Å². The Morgan fingerprint density at radius 3 is 1.34 bits per heavy atom. The van der Waals surface area contributed by atoms with Crippen LogP contribution >= 0.6 is 0 Å². The lowest BCUT2D eigenvalue weighted by atomic mass is 9.34. The minimum atomic E-state index is -0.140. The molecule has 0 unspecified atom stereocenters. The van der Waals surface area contributed by atoms with Crippen LogP contribution < -0.4 is 16.4 Å². The highest BCUT2D eigenvalue weighted by molar-refractivity contribution is 7.00. The highest BCUT2D eigenvalue weighted by Crippen LogP contribution is 2.48. The Bertz CT molecular complexity index is 4460. The first-order chi connectivity index (χ1) is 35.5. The van der Waals surface area contributed by atoms with Crippen molar-refractivity contribution in [1.82, 2.24) is 19.1 Å². The van der Waals surface area contributed by atoms with Crippen LogP contribution in [0.15, 0.2) is 185 Å². The smallest absolute Gasteiger partial charge is 0.252 e. The van der Waals surface area contributed by atoms with Gasteiger partial charge in [0.05, 0.1) is 22.4 Å². The van der Waals surface area contributed by atoms with Gasteiger partial charge in [-0.25, -0.2) is 9.97 Å². The molecule has 2 aliphatic rings. The van der Waals surface area contributed by atoms with Crippen LogP contribution in [0.2, 0.25) is 0 Å². The summed E-state index contributed by atoms with van der Waals surface area (Å²) in [7, 11) is 0. The zero-order valence-electron chi connectivity index (χ0n) is 41.4. The monoisotopic (exact) mass is 938 g/mol. The van der Waals surface area contributed by atoms with Crippen molar-refractivity contribution in [2.75, 3.05) is 0 Å². The summed E-state index contributed by atoms with van der Waals surface area (Å²) in [6.07, 6.45) is 0. The van der Waals surface area contributed by atoms with Crippen LogP contribution in [0.1, 0.15) is 52.7 Å². The molecule has 9 aromatic carbocycles. The van der Waals surface area contributed by atoms with E-state index < -0.39 is 0 Å². The van der Waals surface area contributed by atoms with E-state index in [-0.39, 0.29) is 17.5 Å². The Morgan fingerprint density at radius 2 is 0.849 bits per heavy atom. The van der Waals surface area contributed by atoms with Gasteiger partial charge in [0, 0.05) is 82.2 Å². The van der Waals surface area contributed by atoms with Crippen LogP contribution in [0.3, 0.4) is 0 Å². The third-order valence-electron chi connectivity index (χ3n) is 16.2. The van der Waals surface area contributed by atoms with Gasteiger partial charge in [-0.15, -0.1) is 0 Å². The standard InChI is InChI=1S/C66H47BN4O2/c1-65(2,3)39-31-43-57-49(25-27-55-59(57)41-21-13-15-23-53(41)72-55)70-51-29-38(48-35-47(36-17-9-7-10-18-36)68-64(69-48)37-19-11-8-12-20-37)30-52-61(51)67(45(33-39)62(43)70)46-34-40(66(4,5)6)32-44-58-50(71(52)63(44)46)26-28-56-60(58)42-22-14-16-24-54(42)73-56/h7-35H,1-6H3. The summed E-state index contributed by atoms with van der Waals surface area (Å²) in [5.74, 6) is 0.687. The fourth-order valence-electron chi connectivity index (χ4n) is 12.8. The molecule has 0 N–H and O–H groups in total. The lowest BCUT2D eigenvalue weighted by molar-refractivity contribution is 0.591. The Morgan fingerprint density at radius 1 is 0.397 bits per heavy atom. The molecule has 7 heteroatoms. The molecule has 0 fully saturated rings. The number of benzene rings is 9. The van der Waals surface area contributed by atoms with Crippen molar-refractivity contribution < 1.29 is 8.83 Å². The molecule has 0 bridgehead atoms. The first kappa shape index (κ1) is 41.0. The Labute approximate surface area is 421 Å². The highest BCUT2D eigenvalue weighted by Gasteiger charge is 2.43. The molecule has 6 nitrogen and oxygen atoms in total. The number of para-hydroxylation sites is 2. The van der Waals surface area contributed by atoms with Gasteiger partial charge in [0.2, 0.25) is 0 Å². The molecule has 14 aromatic rings. The quantitative estimate of drug-likeness (QED) is 0.166. The minimum absolute atomic E-state index is 0.0967. The fourth-order valence-corrected chi connectivity index (χ4v) is 12.8. The predicted octanol–water partition coefficient (Wildman–Crippen LogP) is 15.2. The average Bonchev–Trinajstić information content (AvgIpc) is 4.17. The molecular formula is C66H47BN4O2. The fraction of sp³-hybridized carbons (Fsp3) is 0.121. The van der Waals surface area contributed by atoms with Gasteiger partial charge in [-0.3, -0.25) is 0 Å². The van der Waals surface area contributed by atoms with Crippen LogP contribution in [-0.4, -0.2) is 25.8 Å². The van der Waals surface area contributed by atoms with Crippen LogP contribution in [-0.2, 0) is 10.8 Å². The molecule has 2 aliphatic heterocycles. The molecule has 0 saturated heterocycles. The third kappa shape index (κ3) is 5.54. The van der Waals surface area contributed by atoms with Crippen molar-refractivity contribution in [3.8, 4) is 45.3 Å². The summed E-state index contributed by atoms with van der Waals surface area (Å²) < 4.78 is 18.5. The van der Waals surface area contributed by atoms with Crippen molar-refractivity contribution >= 4 is 111 Å². The van der Waals surface area contributed by atoms with Gasteiger partial charge in [0.25, 0.3) is 6.71 Å². The molecule has 16 rings (SSSR count). The molecular weight excluding hydrogens is 892 g/mol. The van der Waals surface area contributed by atoms with E-state index in [0.29, 0.717) is 5.82 Å². The lowest BCUT2D eigenvalue weighted by Crippen LogP contribution is -2.59. The number of hydrogen-bond acceptors (Lipinski definition) is 4. The number of aromatic nitrogens is 4. The molecule has 0 aliphatic carbocycles. The van der Waals surface area contributed by atoms with Crippen LogP contribution in [0.4, 0.5) is 0 Å². The maximum Gasteiger partial charge on any atom is 0.252 e. The molecule has 0 atom stereocenters. The van der Waals surface area contributed by atoms with E-state index in [9.17, 15) is 0 Å². The molecule has 7 heterocycles. The van der Waals surface area contributed by atoms with E-state index in [4.69, 9.17) is 18.8 Å². The molecule has 0 saturated carbocycles. The van der Waals surface area contributed by atoms with Gasteiger partial charge < -0.3 is 18.0 Å². The van der Waals surface area contributed by atoms with Crippen molar-refractivity contribution in [1.29, 1.82) is 0 Å². The van der Waals surface area contributed by atoms with Gasteiger partial charge in [-0.1, -0.05) is 151 Å². The normalized spacial score (nSPS) is 13.3. The molecule has 0 spiro atoms. The second-order valence-electron chi connectivity index (χ2n) is 22.5. The van der Waals surface area contributed by atoms with Crippen molar-refractivity contribution in [2.24, 2.45) is 0 Å². The zero-order chi connectivity index (χ0) is 48.8. The van der Waals surface area contributed by atoms with Gasteiger partial charge in [0.1, 0.15) is 22.3 Å². The topological polar surface area (TPSA) is 61.9 Å². The molecule has 0 radical (unpaired) electrons.